The third kappa shape index (κ3) is 2.22. The quantitative estimate of drug-likeness (QED) is 0.819. The van der Waals surface area contributed by atoms with Crippen LogP contribution in [0.3, 0.4) is 0 Å². The number of carbonyl (C=O) groups is 1. The van der Waals surface area contributed by atoms with Crippen LogP contribution >= 0.6 is 0 Å². The predicted molar refractivity (Wildman–Crippen MR) is 72.3 cm³/mol. The van der Waals surface area contributed by atoms with Crippen LogP contribution in [0, 0.1) is 5.92 Å². The second-order valence-electron chi connectivity index (χ2n) is 4.85. The molecule has 1 amide bonds. The van der Waals surface area contributed by atoms with E-state index in [0.29, 0.717) is 6.61 Å². The van der Waals surface area contributed by atoms with Gasteiger partial charge in [0, 0.05) is 18.7 Å². The van der Waals surface area contributed by atoms with E-state index in [1.54, 1.807) is 18.2 Å². The number of hydrazine groups is 1. The average molecular weight is 259 g/mol. The van der Waals surface area contributed by atoms with Crippen LogP contribution in [0.25, 0.3) is 0 Å². The van der Waals surface area contributed by atoms with E-state index in [2.05, 4.69) is 10.9 Å². The van der Waals surface area contributed by atoms with Gasteiger partial charge in [-0.2, -0.15) is 0 Å². The molecule has 1 saturated heterocycles. The molecule has 0 radical (unpaired) electrons. The van der Waals surface area contributed by atoms with Gasteiger partial charge < -0.3 is 9.64 Å². The summed E-state index contributed by atoms with van der Waals surface area (Å²) in [6.45, 7) is 0.556. The van der Waals surface area contributed by atoms with Crippen LogP contribution in [0.4, 0.5) is 5.69 Å². The maximum Gasteiger partial charge on any atom is 0.245 e. The third-order valence-electron chi connectivity index (χ3n) is 3.71. The van der Waals surface area contributed by atoms with Gasteiger partial charge in [0.2, 0.25) is 5.91 Å². The number of anilines is 1. The van der Waals surface area contributed by atoms with Crippen LogP contribution in [0.15, 0.2) is 42.7 Å². The number of likely N-dealkylation sites (N-methyl/N-ethyl adjacent to an activating group) is 1. The molecule has 3 rings (SSSR count). The van der Waals surface area contributed by atoms with Crippen molar-refractivity contribution in [2.45, 2.75) is 12.1 Å². The summed E-state index contributed by atoms with van der Waals surface area (Å²) >= 11 is 0. The largest absolute Gasteiger partial charge is 0.501 e. The molecule has 1 aromatic carbocycles. The molecule has 0 aromatic heterocycles. The fraction of sp³-hybridized carbons (Fsp3) is 0.357. The van der Waals surface area contributed by atoms with E-state index in [1.165, 1.54) is 0 Å². The van der Waals surface area contributed by atoms with Gasteiger partial charge in [-0.15, -0.1) is 0 Å². The average Bonchev–Trinajstić information content (AvgIpc) is 2.90. The van der Waals surface area contributed by atoms with E-state index in [0.717, 1.165) is 5.69 Å². The van der Waals surface area contributed by atoms with Gasteiger partial charge in [0.1, 0.15) is 6.04 Å². The lowest BCUT2D eigenvalue weighted by atomic mass is 9.93. The van der Waals surface area contributed by atoms with E-state index < -0.39 is 0 Å². The number of hydrogen-bond donors (Lipinski definition) is 2. The van der Waals surface area contributed by atoms with Crippen LogP contribution in [0.2, 0.25) is 0 Å². The Kier molecular flexibility index (Phi) is 3.23. The Hall–Kier alpha value is -1.85. The first-order chi connectivity index (χ1) is 9.27. The molecule has 0 bridgehead atoms. The number of ether oxygens (including phenoxy) is 1. The smallest absolute Gasteiger partial charge is 0.245 e. The number of para-hydroxylation sites is 1. The first-order valence-corrected chi connectivity index (χ1v) is 6.39. The van der Waals surface area contributed by atoms with Gasteiger partial charge in [-0.25, -0.2) is 10.9 Å². The van der Waals surface area contributed by atoms with Crippen molar-refractivity contribution in [2.75, 3.05) is 18.6 Å². The van der Waals surface area contributed by atoms with Crippen molar-refractivity contribution in [2.24, 2.45) is 5.92 Å². The second-order valence-corrected chi connectivity index (χ2v) is 4.85. The Labute approximate surface area is 112 Å². The first-order valence-electron chi connectivity index (χ1n) is 6.39. The highest BCUT2D eigenvalue weighted by atomic mass is 16.5. The van der Waals surface area contributed by atoms with Crippen molar-refractivity contribution < 1.29 is 9.53 Å². The van der Waals surface area contributed by atoms with Gasteiger partial charge in [0.25, 0.3) is 0 Å². The molecule has 5 nitrogen and oxygen atoms in total. The SMILES string of the molecule is CN(C(=O)C1NNC2C=COCC21)c1ccccc1. The number of carbonyl (C=O) groups excluding carboxylic acids is 1. The maximum absolute atomic E-state index is 12.5. The molecule has 5 heteroatoms. The lowest BCUT2D eigenvalue weighted by Gasteiger charge is -2.26. The number of hydrogen-bond acceptors (Lipinski definition) is 4. The molecule has 0 spiro atoms. The molecular formula is C14H17N3O2. The molecule has 0 aliphatic carbocycles. The van der Waals surface area contributed by atoms with Crippen molar-refractivity contribution in [3.8, 4) is 0 Å². The van der Waals surface area contributed by atoms with Crippen LogP contribution < -0.4 is 15.8 Å². The molecule has 2 heterocycles. The zero-order valence-electron chi connectivity index (χ0n) is 10.7. The normalized spacial score (nSPS) is 28.6. The summed E-state index contributed by atoms with van der Waals surface area (Å²) in [5.41, 5.74) is 7.10. The van der Waals surface area contributed by atoms with Crippen molar-refractivity contribution >= 4 is 11.6 Å². The van der Waals surface area contributed by atoms with Crippen molar-refractivity contribution in [3.05, 3.63) is 42.7 Å². The fourth-order valence-electron chi connectivity index (χ4n) is 2.54. The zero-order chi connectivity index (χ0) is 13.2. The second kappa shape index (κ2) is 5.03. The molecule has 100 valence electrons. The summed E-state index contributed by atoms with van der Waals surface area (Å²) in [5, 5.41) is 0. The summed E-state index contributed by atoms with van der Waals surface area (Å²) in [6, 6.07) is 9.53. The highest BCUT2D eigenvalue weighted by molar-refractivity contribution is 5.97. The highest BCUT2D eigenvalue weighted by Crippen LogP contribution is 2.23. The Bertz CT molecular complexity index is 489. The standard InChI is InChI=1S/C14H17N3O2/c1-17(10-5-3-2-4-6-10)14(18)13-11-9-19-8-7-12(11)15-16-13/h2-8,11-13,15-16H,9H2,1H3. The van der Waals surface area contributed by atoms with Crippen LogP contribution in [0.1, 0.15) is 0 Å². The molecule has 3 atom stereocenters. The monoisotopic (exact) mass is 259 g/mol. The van der Waals surface area contributed by atoms with E-state index in [-0.39, 0.29) is 23.9 Å². The lowest BCUT2D eigenvalue weighted by Crippen LogP contribution is -2.47. The van der Waals surface area contributed by atoms with Gasteiger partial charge in [-0.3, -0.25) is 4.79 Å². The van der Waals surface area contributed by atoms with Crippen LogP contribution in [0.5, 0.6) is 0 Å². The Balaban J connectivity index is 1.76. The van der Waals surface area contributed by atoms with E-state index in [9.17, 15) is 4.79 Å². The van der Waals surface area contributed by atoms with Gasteiger partial charge >= 0.3 is 0 Å². The molecular weight excluding hydrogens is 242 g/mol. The molecule has 2 N–H and O–H groups in total. The van der Waals surface area contributed by atoms with E-state index in [4.69, 9.17) is 4.74 Å². The summed E-state index contributed by atoms with van der Waals surface area (Å²) in [7, 11) is 1.80. The molecule has 19 heavy (non-hydrogen) atoms. The number of rotatable bonds is 2. The zero-order valence-corrected chi connectivity index (χ0v) is 10.7. The molecule has 0 saturated carbocycles. The van der Waals surface area contributed by atoms with Gasteiger partial charge in [0.05, 0.1) is 18.9 Å². The van der Waals surface area contributed by atoms with E-state index in [1.807, 2.05) is 36.4 Å². The van der Waals surface area contributed by atoms with Gasteiger partial charge in [-0.05, 0) is 18.2 Å². The van der Waals surface area contributed by atoms with E-state index >= 15 is 0 Å². The van der Waals surface area contributed by atoms with Crippen LogP contribution in [-0.2, 0) is 9.53 Å². The molecule has 1 aromatic rings. The Morgan fingerprint density at radius 3 is 2.89 bits per heavy atom. The minimum Gasteiger partial charge on any atom is -0.501 e. The summed E-state index contributed by atoms with van der Waals surface area (Å²) in [6.07, 6.45) is 3.63. The number of nitrogens with zero attached hydrogens (tertiary/aromatic N) is 1. The van der Waals surface area contributed by atoms with Gasteiger partial charge in [0.15, 0.2) is 0 Å². The Morgan fingerprint density at radius 2 is 2.11 bits per heavy atom. The Morgan fingerprint density at radius 1 is 1.32 bits per heavy atom. The topological polar surface area (TPSA) is 53.6 Å². The molecule has 1 fully saturated rings. The third-order valence-corrected chi connectivity index (χ3v) is 3.71. The number of amides is 1. The fourth-order valence-corrected chi connectivity index (χ4v) is 2.54. The molecule has 2 aliphatic heterocycles. The maximum atomic E-state index is 12.5. The minimum absolute atomic E-state index is 0.0464. The lowest BCUT2D eigenvalue weighted by molar-refractivity contribution is -0.121. The van der Waals surface area contributed by atoms with Crippen molar-refractivity contribution in [3.63, 3.8) is 0 Å². The molecule has 3 unspecified atom stereocenters. The number of fused-ring (bicyclic) bond motifs is 1. The van der Waals surface area contributed by atoms with Crippen molar-refractivity contribution in [1.29, 1.82) is 0 Å². The summed E-state index contributed by atoms with van der Waals surface area (Å²) in [5.74, 6) is 0.175. The van der Waals surface area contributed by atoms with Crippen LogP contribution in [-0.4, -0.2) is 31.6 Å². The first kappa shape index (κ1) is 12.2. The number of benzene rings is 1. The molecule has 2 aliphatic rings. The van der Waals surface area contributed by atoms with Gasteiger partial charge in [-0.1, -0.05) is 18.2 Å². The summed E-state index contributed by atoms with van der Waals surface area (Å²) < 4.78 is 5.32. The number of nitrogens with one attached hydrogen (secondary N) is 2. The summed E-state index contributed by atoms with van der Waals surface area (Å²) in [4.78, 5) is 14.2. The van der Waals surface area contributed by atoms with Crippen molar-refractivity contribution in [1.82, 2.24) is 10.9 Å². The highest BCUT2D eigenvalue weighted by Gasteiger charge is 2.41. The predicted octanol–water partition coefficient (Wildman–Crippen LogP) is 0.654. The minimum atomic E-state index is -0.264.